The van der Waals surface area contributed by atoms with Crippen LogP contribution < -0.4 is 5.73 Å². The van der Waals surface area contributed by atoms with Gasteiger partial charge in [-0.05, 0) is 44.6 Å². The van der Waals surface area contributed by atoms with Crippen molar-refractivity contribution in [2.24, 2.45) is 5.73 Å². The van der Waals surface area contributed by atoms with Gasteiger partial charge in [-0.2, -0.15) is 0 Å². The average molecular weight is 205 g/mol. The predicted octanol–water partition coefficient (Wildman–Crippen LogP) is 1.35. The Bertz CT molecular complexity index is 299. The molecule has 0 aliphatic carbocycles. The minimum Gasteiger partial charge on any atom is -0.326 e. The Labute approximate surface area is 91.3 Å². The van der Waals surface area contributed by atoms with E-state index in [2.05, 4.69) is 29.1 Å². The second-order valence-corrected chi connectivity index (χ2v) is 4.37. The number of nitrogens with two attached hydrogens (primary N) is 1. The van der Waals surface area contributed by atoms with Crippen molar-refractivity contribution in [3.05, 3.63) is 29.6 Å². The number of aromatic nitrogens is 1. The van der Waals surface area contributed by atoms with Gasteiger partial charge in [0.05, 0.1) is 0 Å². The first-order chi connectivity index (χ1) is 7.29. The Hall–Kier alpha value is -0.930. The quantitative estimate of drug-likeness (QED) is 0.792. The molecule has 0 amide bonds. The number of rotatable bonds is 2. The summed E-state index contributed by atoms with van der Waals surface area (Å²) in [5.74, 6) is 0.646. The predicted molar refractivity (Wildman–Crippen MR) is 61.6 cm³/mol. The van der Waals surface area contributed by atoms with Crippen LogP contribution in [0.4, 0.5) is 0 Å². The van der Waals surface area contributed by atoms with E-state index in [0.717, 1.165) is 5.56 Å². The first kappa shape index (κ1) is 10.6. The van der Waals surface area contributed by atoms with Crippen LogP contribution in [0.3, 0.4) is 0 Å². The highest BCUT2D eigenvalue weighted by molar-refractivity contribution is 5.17. The zero-order chi connectivity index (χ0) is 10.7. The van der Waals surface area contributed by atoms with E-state index in [9.17, 15) is 0 Å². The van der Waals surface area contributed by atoms with Crippen LogP contribution in [0.1, 0.15) is 30.0 Å². The summed E-state index contributed by atoms with van der Waals surface area (Å²) in [6.07, 6.45) is 4.37. The minimum atomic E-state index is 0.584. The highest BCUT2D eigenvalue weighted by Crippen LogP contribution is 2.25. The lowest BCUT2D eigenvalue weighted by Crippen LogP contribution is -2.29. The lowest BCUT2D eigenvalue weighted by molar-refractivity contribution is 0.253. The van der Waals surface area contributed by atoms with Gasteiger partial charge in [0.1, 0.15) is 0 Å². The number of hydrogen-bond acceptors (Lipinski definition) is 3. The molecule has 1 aliphatic heterocycles. The molecule has 2 rings (SSSR count). The van der Waals surface area contributed by atoms with Crippen LogP contribution in [0, 0.1) is 0 Å². The number of hydrogen-bond donors (Lipinski definition) is 1. The number of likely N-dealkylation sites (tertiary alicyclic amines) is 1. The van der Waals surface area contributed by atoms with Crippen molar-refractivity contribution < 1.29 is 0 Å². The third kappa shape index (κ3) is 2.55. The van der Waals surface area contributed by atoms with E-state index in [1.807, 2.05) is 6.20 Å². The molecule has 3 heteroatoms. The first-order valence-electron chi connectivity index (χ1n) is 5.63. The topological polar surface area (TPSA) is 42.1 Å². The van der Waals surface area contributed by atoms with Gasteiger partial charge >= 0.3 is 0 Å². The van der Waals surface area contributed by atoms with E-state index < -0.39 is 0 Å². The summed E-state index contributed by atoms with van der Waals surface area (Å²) in [6.45, 7) is 2.96. The molecule has 2 N–H and O–H groups in total. The lowest BCUT2D eigenvalue weighted by Gasteiger charge is -2.28. The van der Waals surface area contributed by atoms with Crippen LogP contribution in [-0.4, -0.2) is 30.0 Å². The van der Waals surface area contributed by atoms with Crippen molar-refractivity contribution in [3.8, 4) is 0 Å². The fourth-order valence-electron chi connectivity index (χ4n) is 2.10. The molecule has 0 bridgehead atoms. The third-order valence-corrected chi connectivity index (χ3v) is 3.22. The van der Waals surface area contributed by atoms with Crippen LogP contribution >= 0.6 is 0 Å². The Morgan fingerprint density at radius 2 is 2.13 bits per heavy atom. The lowest BCUT2D eigenvalue weighted by atomic mass is 9.93. The summed E-state index contributed by atoms with van der Waals surface area (Å²) in [7, 11) is 2.18. The van der Waals surface area contributed by atoms with Crippen molar-refractivity contribution >= 4 is 0 Å². The molecule has 1 aromatic rings. The number of piperidine rings is 1. The van der Waals surface area contributed by atoms with Gasteiger partial charge in [-0.25, -0.2) is 0 Å². The van der Waals surface area contributed by atoms with Crippen molar-refractivity contribution in [2.75, 3.05) is 20.1 Å². The van der Waals surface area contributed by atoms with Crippen LogP contribution in [-0.2, 0) is 6.54 Å². The number of nitrogens with zero attached hydrogens (tertiary/aromatic N) is 2. The van der Waals surface area contributed by atoms with Gasteiger partial charge in [0.25, 0.3) is 0 Å². The van der Waals surface area contributed by atoms with Gasteiger partial charge in [-0.15, -0.1) is 0 Å². The van der Waals surface area contributed by atoms with Crippen molar-refractivity contribution in [2.45, 2.75) is 25.3 Å². The van der Waals surface area contributed by atoms with Gasteiger partial charge in [0, 0.05) is 24.4 Å². The molecule has 3 nitrogen and oxygen atoms in total. The summed E-state index contributed by atoms with van der Waals surface area (Å²) in [5.41, 5.74) is 7.90. The van der Waals surface area contributed by atoms with Crippen LogP contribution in [0.2, 0.25) is 0 Å². The van der Waals surface area contributed by atoms with E-state index in [-0.39, 0.29) is 0 Å². The standard InChI is InChI=1S/C12H19N3/c1-15-6-4-11(5-7-15)12-3-2-10(8-13)9-14-12/h2-3,9,11H,4-8,13H2,1H3. The summed E-state index contributed by atoms with van der Waals surface area (Å²) in [5, 5.41) is 0. The summed E-state index contributed by atoms with van der Waals surface area (Å²) in [4.78, 5) is 6.88. The minimum absolute atomic E-state index is 0.584. The summed E-state index contributed by atoms with van der Waals surface area (Å²) < 4.78 is 0. The van der Waals surface area contributed by atoms with Gasteiger partial charge in [-0.1, -0.05) is 6.07 Å². The molecule has 1 aromatic heterocycles. The zero-order valence-corrected chi connectivity index (χ0v) is 9.32. The van der Waals surface area contributed by atoms with E-state index in [1.165, 1.54) is 31.6 Å². The van der Waals surface area contributed by atoms with Crippen molar-refractivity contribution in [1.29, 1.82) is 0 Å². The Kier molecular flexibility index (Phi) is 3.34. The molecule has 82 valence electrons. The monoisotopic (exact) mass is 205 g/mol. The van der Waals surface area contributed by atoms with Gasteiger partial charge < -0.3 is 10.6 Å². The van der Waals surface area contributed by atoms with Gasteiger partial charge in [-0.3, -0.25) is 4.98 Å². The van der Waals surface area contributed by atoms with Gasteiger partial charge in [0.2, 0.25) is 0 Å². The van der Waals surface area contributed by atoms with Crippen molar-refractivity contribution in [1.82, 2.24) is 9.88 Å². The maximum Gasteiger partial charge on any atom is 0.0435 e. The highest BCUT2D eigenvalue weighted by atomic mass is 15.1. The third-order valence-electron chi connectivity index (χ3n) is 3.22. The Balaban J connectivity index is 2.03. The van der Waals surface area contributed by atoms with E-state index in [0.29, 0.717) is 12.5 Å². The molecule has 0 spiro atoms. The maximum atomic E-state index is 5.55. The Morgan fingerprint density at radius 3 is 2.67 bits per heavy atom. The molecule has 0 unspecified atom stereocenters. The maximum absolute atomic E-state index is 5.55. The molecule has 1 fully saturated rings. The molecule has 0 aromatic carbocycles. The summed E-state index contributed by atoms with van der Waals surface area (Å²) in [6, 6.07) is 4.23. The second kappa shape index (κ2) is 4.73. The van der Waals surface area contributed by atoms with Crippen molar-refractivity contribution in [3.63, 3.8) is 0 Å². The molecule has 0 saturated carbocycles. The highest BCUT2D eigenvalue weighted by Gasteiger charge is 2.18. The molecule has 1 aliphatic rings. The molecular weight excluding hydrogens is 186 g/mol. The van der Waals surface area contributed by atoms with Crippen LogP contribution in [0.25, 0.3) is 0 Å². The normalized spacial score (nSPS) is 19.3. The molecular formula is C12H19N3. The number of pyridine rings is 1. The smallest absolute Gasteiger partial charge is 0.0435 e. The fraction of sp³-hybridized carbons (Fsp3) is 0.583. The average Bonchev–Trinajstić information content (AvgIpc) is 2.30. The van der Waals surface area contributed by atoms with E-state index in [4.69, 9.17) is 5.73 Å². The van der Waals surface area contributed by atoms with E-state index in [1.54, 1.807) is 0 Å². The SMILES string of the molecule is CN1CCC(c2ccc(CN)cn2)CC1. The molecule has 15 heavy (non-hydrogen) atoms. The molecule has 1 saturated heterocycles. The largest absolute Gasteiger partial charge is 0.326 e. The molecule has 0 radical (unpaired) electrons. The fourth-order valence-corrected chi connectivity index (χ4v) is 2.10. The second-order valence-electron chi connectivity index (χ2n) is 4.37. The molecule has 2 heterocycles. The van der Waals surface area contributed by atoms with Crippen LogP contribution in [0.5, 0.6) is 0 Å². The first-order valence-corrected chi connectivity index (χ1v) is 5.63. The van der Waals surface area contributed by atoms with Crippen LogP contribution in [0.15, 0.2) is 18.3 Å². The molecule has 0 atom stereocenters. The zero-order valence-electron chi connectivity index (χ0n) is 9.32. The summed E-state index contributed by atoms with van der Waals surface area (Å²) >= 11 is 0. The van der Waals surface area contributed by atoms with E-state index >= 15 is 0 Å². The van der Waals surface area contributed by atoms with Gasteiger partial charge in [0.15, 0.2) is 0 Å². The Morgan fingerprint density at radius 1 is 1.40 bits per heavy atom.